The Morgan fingerprint density at radius 1 is 1.33 bits per heavy atom. The molecule has 0 aromatic heterocycles. The van der Waals surface area contributed by atoms with Crippen LogP contribution in [0.15, 0.2) is 0 Å². The van der Waals surface area contributed by atoms with Crippen LogP contribution in [-0.2, 0) is 9.53 Å². The topological polar surface area (TPSA) is 64.4 Å². The van der Waals surface area contributed by atoms with Crippen molar-refractivity contribution in [1.82, 2.24) is 5.32 Å². The third-order valence-corrected chi connectivity index (χ3v) is 3.55. The molecule has 106 valence electrons. The van der Waals surface area contributed by atoms with E-state index in [-0.39, 0.29) is 11.8 Å². The molecule has 0 radical (unpaired) electrons. The minimum atomic E-state index is -0.399. The van der Waals surface area contributed by atoms with Crippen molar-refractivity contribution in [2.45, 2.75) is 64.5 Å². The maximum absolute atomic E-state index is 11.6. The van der Waals surface area contributed by atoms with E-state index in [0.29, 0.717) is 12.6 Å². The Balaban J connectivity index is 1.99. The molecule has 0 saturated heterocycles. The largest absolute Gasteiger partial charge is 0.378 e. The van der Waals surface area contributed by atoms with Gasteiger partial charge in [0.15, 0.2) is 0 Å². The fourth-order valence-electron chi connectivity index (χ4n) is 2.19. The summed E-state index contributed by atoms with van der Waals surface area (Å²) in [6, 6.07) is -0.399. The molecule has 0 aromatic rings. The zero-order valence-corrected chi connectivity index (χ0v) is 11.8. The Morgan fingerprint density at radius 3 is 2.61 bits per heavy atom. The Bertz CT molecular complexity index is 238. The molecule has 0 unspecified atom stereocenters. The lowest BCUT2D eigenvalue weighted by molar-refractivity contribution is -0.123. The highest BCUT2D eigenvalue weighted by Crippen LogP contribution is 2.20. The molecule has 1 saturated carbocycles. The van der Waals surface area contributed by atoms with Crippen LogP contribution in [0.25, 0.3) is 0 Å². The highest BCUT2D eigenvalue weighted by molar-refractivity contribution is 5.81. The van der Waals surface area contributed by atoms with Gasteiger partial charge in [-0.25, -0.2) is 0 Å². The van der Waals surface area contributed by atoms with Gasteiger partial charge in [-0.15, -0.1) is 0 Å². The number of carbonyl (C=O) groups is 1. The second-order valence-corrected chi connectivity index (χ2v) is 5.55. The van der Waals surface area contributed by atoms with E-state index < -0.39 is 6.04 Å². The van der Waals surface area contributed by atoms with Crippen LogP contribution in [-0.4, -0.2) is 31.2 Å². The number of nitrogens with one attached hydrogen (secondary N) is 1. The number of carbonyl (C=O) groups excluding carboxylic acids is 1. The number of hydrogen-bond donors (Lipinski definition) is 2. The average molecular weight is 256 g/mol. The first kappa shape index (κ1) is 15.4. The lowest BCUT2D eigenvalue weighted by Gasteiger charge is -2.22. The zero-order valence-electron chi connectivity index (χ0n) is 11.8. The molecular weight excluding hydrogens is 228 g/mol. The van der Waals surface area contributed by atoms with Gasteiger partial charge in [0, 0.05) is 13.2 Å². The second-order valence-electron chi connectivity index (χ2n) is 5.55. The van der Waals surface area contributed by atoms with Crippen molar-refractivity contribution in [2.24, 2.45) is 11.7 Å². The first-order chi connectivity index (χ1) is 8.61. The van der Waals surface area contributed by atoms with E-state index in [1.165, 1.54) is 32.1 Å². The third kappa shape index (κ3) is 5.83. The Hall–Kier alpha value is -0.610. The molecule has 1 aliphatic carbocycles. The first-order valence-corrected chi connectivity index (χ1v) is 7.26. The summed E-state index contributed by atoms with van der Waals surface area (Å²) < 4.78 is 5.79. The molecule has 0 spiro atoms. The minimum Gasteiger partial charge on any atom is -0.378 e. The van der Waals surface area contributed by atoms with Crippen LogP contribution in [0.5, 0.6) is 0 Å². The summed E-state index contributed by atoms with van der Waals surface area (Å²) in [7, 11) is 0. The van der Waals surface area contributed by atoms with E-state index in [0.717, 1.165) is 13.0 Å². The summed E-state index contributed by atoms with van der Waals surface area (Å²) in [5, 5.41) is 2.86. The van der Waals surface area contributed by atoms with E-state index >= 15 is 0 Å². The van der Waals surface area contributed by atoms with Gasteiger partial charge < -0.3 is 15.8 Å². The Kier molecular flexibility index (Phi) is 7.28. The monoisotopic (exact) mass is 256 g/mol. The van der Waals surface area contributed by atoms with Gasteiger partial charge in [0.25, 0.3) is 0 Å². The Morgan fingerprint density at radius 2 is 2.00 bits per heavy atom. The smallest absolute Gasteiger partial charge is 0.237 e. The van der Waals surface area contributed by atoms with Crippen molar-refractivity contribution in [3.8, 4) is 0 Å². The number of amides is 1. The molecular formula is C14H28N2O2. The maximum atomic E-state index is 11.6. The summed E-state index contributed by atoms with van der Waals surface area (Å²) in [4.78, 5) is 11.6. The first-order valence-electron chi connectivity index (χ1n) is 7.26. The van der Waals surface area contributed by atoms with Gasteiger partial charge in [-0.05, 0) is 25.2 Å². The molecule has 3 N–H and O–H groups in total. The highest BCUT2D eigenvalue weighted by atomic mass is 16.5. The standard InChI is InChI=1S/C14H28N2O2/c1-11(2)13(15)14(17)16-9-6-10-18-12-7-4-3-5-8-12/h11-13H,3-10,15H2,1-2H3,(H,16,17)/t13-/m0/s1. The predicted octanol–water partition coefficient (Wildman–Crippen LogP) is 1.83. The van der Waals surface area contributed by atoms with Crippen molar-refractivity contribution in [1.29, 1.82) is 0 Å². The number of ether oxygens (including phenoxy) is 1. The van der Waals surface area contributed by atoms with Crippen molar-refractivity contribution >= 4 is 5.91 Å². The molecule has 18 heavy (non-hydrogen) atoms. The van der Waals surface area contributed by atoms with Crippen LogP contribution in [0.2, 0.25) is 0 Å². The molecule has 4 heteroatoms. The van der Waals surface area contributed by atoms with Crippen LogP contribution in [0.1, 0.15) is 52.4 Å². The predicted molar refractivity (Wildman–Crippen MR) is 73.3 cm³/mol. The summed E-state index contributed by atoms with van der Waals surface area (Å²) in [6.07, 6.45) is 7.66. The summed E-state index contributed by atoms with van der Waals surface area (Å²) in [6.45, 7) is 5.31. The lowest BCUT2D eigenvalue weighted by atomic mass is 9.98. The van der Waals surface area contributed by atoms with Gasteiger partial charge in [0.05, 0.1) is 12.1 Å². The summed E-state index contributed by atoms with van der Waals surface area (Å²) in [5.41, 5.74) is 5.75. The molecule has 1 fully saturated rings. The van der Waals surface area contributed by atoms with Crippen LogP contribution < -0.4 is 11.1 Å². The number of rotatable bonds is 7. The van der Waals surface area contributed by atoms with E-state index in [9.17, 15) is 4.79 Å². The van der Waals surface area contributed by atoms with Gasteiger partial charge in [-0.2, -0.15) is 0 Å². The molecule has 1 amide bonds. The Labute approximate surface area is 111 Å². The number of hydrogen-bond acceptors (Lipinski definition) is 3. The molecule has 4 nitrogen and oxygen atoms in total. The molecule has 1 rings (SSSR count). The normalized spacial score (nSPS) is 18.9. The van der Waals surface area contributed by atoms with Crippen LogP contribution in [0, 0.1) is 5.92 Å². The quantitative estimate of drug-likeness (QED) is 0.683. The number of nitrogens with two attached hydrogens (primary N) is 1. The van der Waals surface area contributed by atoms with Gasteiger partial charge in [-0.1, -0.05) is 33.1 Å². The fraction of sp³-hybridized carbons (Fsp3) is 0.929. The second kappa shape index (κ2) is 8.48. The van der Waals surface area contributed by atoms with E-state index in [1.54, 1.807) is 0 Å². The van der Waals surface area contributed by atoms with Crippen LogP contribution in [0.4, 0.5) is 0 Å². The molecule has 0 heterocycles. The SMILES string of the molecule is CC(C)[C@H](N)C(=O)NCCCOC1CCCCC1. The van der Waals surface area contributed by atoms with Crippen molar-refractivity contribution < 1.29 is 9.53 Å². The molecule has 0 bridgehead atoms. The van der Waals surface area contributed by atoms with Crippen molar-refractivity contribution in [3.05, 3.63) is 0 Å². The van der Waals surface area contributed by atoms with Gasteiger partial charge in [-0.3, -0.25) is 4.79 Å². The van der Waals surface area contributed by atoms with Crippen LogP contribution >= 0.6 is 0 Å². The maximum Gasteiger partial charge on any atom is 0.237 e. The zero-order chi connectivity index (χ0) is 13.4. The molecule has 0 aromatic carbocycles. The highest BCUT2D eigenvalue weighted by Gasteiger charge is 2.16. The van der Waals surface area contributed by atoms with Gasteiger partial charge >= 0.3 is 0 Å². The molecule has 1 atom stereocenters. The van der Waals surface area contributed by atoms with E-state index in [1.807, 2.05) is 13.8 Å². The summed E-state index contributed by atoms with van der Waals surface area (Å²) in [5.74, 6) is 0.131. The molecule has 1 aliphatic rings. The van der Waals surface area contributed by atoms with Gasteiger partial charge in [0.2, 0.25) is 5.91 Å². The molecule has 0 aliphatic heterocycles. The van der Waals surface area contributed by atoms with Crippen molar-refractivity contribution in [2.75, 3.05) is 13.2 Å². The lowest BCUT2D eigenvalue weighted by Crippen LogP contribution is -2.44. The minimum absolute atomic E-state index is 0.0531. The van der Waals surface area contributed by atoms with Crippen molar-refractivity contribution in [3.63, 3.8) is 0 Å². The van der Waals surface area contributed by atoms with E-state index in [2.05, 4.69) is 5.32 Å². The van der Waals surface area contributed by atoms with Crippen LogP contribution in [0.3, 0.4) is 0 Å². The third-order valence-electron chi connectivity index (χ3n) is 3.55. The van der Waals surface area contributed by atoms with E-state index in [4.69, 9.17) is 10.5 Å². The fourth-order valence-corrected chi connectivity index (χ4v) is 2.19. The average Bonchev–Trinajstić information content (AvgIpc) is 2.38. The van der Waals surface area contributed by atoms with Gasteiger partial charge in [0.1, 0.15) is 0 Å². The summed E-state index contributed by atoms with van der Waals surface area (Å²) >= 11 is 0.